The van der Waals surface area contributed by atoms with Gasteiger partial charge in [0.2, 0.25) is 11.8 Å². The van der Waals surface area contributed by atoms with Crippen LogP contribution in [0, 0.1) is 0 Å². The van der Waals surface area contributed by atoms with Gasteiger partial charge in [-0.25, -0.2) is 0 Å². The molecule has 0 saturated carbocycles. The van der Waals surface area contributed by atoms with E-state index in [0.29, 0.717) is 36.5 Å². The third kappa shape index (κ3) is 4.65. The van der Waals surface area contributed by atoms with Crippen molar-refractivity contribution < 1.29 is 14.4 Å². The molecule has 2 heterocycles. The lowest BCUT2D eigenvalue weighted by atomic mass is 10.1. The summed E-state index contributed by atoms with van der Waals surface area (Å²) in [6, 6.07) is 15.4. The first kappa shape index (κ1) is 22.3. The number of carbonyl (C=O) groups is 3. The molecule has 32 heavy (non-hydrogen) atoms. The number of nitrogens with zero attached hydrogens (tertiary/aromatic N) is 2. The van der Waals surface area contributed by atoms with Crippen LogP contribution in [-0.2, 0) is 9.59 Å². The Morgan fingerprint density at radius 3 is 2.34 bits per heavy atom. The maximum atomic E-state index is 13.5. The van der Waals surface area contributed by atoms with Crippen molar-refractivity contribution in [3.8, 4) is 0 Å². The number of carbonyl (C=O) groups excluding carboxylic acids is 3. The van der Waals surface area contributed by atoms with Crippen LogP contribution in [0.3, 0.4) is 0 Å². The van der Waals surface area contributed by atoms with E-state index in [9.17, 15) is 14.4 Å². The highest BCUT2D eigenvalue weighted by molar-refractivity contribution is 6.31. The van der Waals surface area contributed by atoms with Gasteiger partial charge in [0.05, 0.1) is 6.04 Å². The predicted octanol–water partition coefficient (Wildman–Crippen LogP) is 3.81. The number of halogens is 1. The van der Waals surface area contributed by atoms with Gasteiger partial charge < -0.3 is 15.1 Å². The standard InChI is InChI=1S/C25H28ClN3O3/c1-17(18-8-3-2-4-9-18)27-23(30)21-12-6-14-28(21)25(32)22-13-7-15-29(22)24(31)19-10-5-11-20(26)16-19/h2-5,8-11,16-17,21-22H,6-7,12-15H2,1H3,(H,27,30)/t17-,21-,22-/m0/s1. The largest absolute Gasteiger partial charge is 0.348 e. The molecule has 0 unspecified atom stereocenters. The monoisotopic (exact) mass is 453 g/mol. The predicted molar refractivity (Wildman–Crippen MR) is 123 cm³/mol. The van der Waals surface area contributed by atoms with Gasteiger partial charge in [0.15, 0.2) is 0 Å². The van der Waals surface area contributed by atoms with Gasteiger partial charge in [-0.15, -0.1) is 0 Å². The number of nitrogens with one attached hydrogen (secondary N) is 1. The summed E-state index contributed by atoms with van der Waals surface area (Å²) < 4.78 is 0. The van der Waals surface area contributed by atoms with Crippen molar-refractivity contribution in [3.63, 3.8) is 0 Å². The van der Waals surface area contributed by atoms with Gasteiger partial charge in [-0.3, -0.25) is 14.4 Å². The van der Waals surface area contributed by atoms with Crippen molar-refractivity contribution in [3.05, 3.63) is 70.7 Å². The summed E-state index contributed by atoms with van der Waals surface area (Å²) in [6.07, 6.45) is 2.78. The molecule has 2 aliphatic heterocycles. The van der Waals surface area contributed by atoms with Crippen LogP contribution < -0.4 is 5.32 Å². The summed E-state index contributed by atoms with van der Waals surface area (Å²) >= 11 is 6.05. The van der Waals surface area contributed by atoms with Crippen molar-refractivity contribution in [2.75, 3.05) is 13.1 Å². The molecular weight excluding hydrogens is 426 g/mol. The molecule has 2 aromatic carbocycles. The second-order valence-electron chi connectivity index (χ2n) is 8.50. The third-order valence-corrected chi connectivity index (χ3v) is 6.60. The van der Waals surface area contributed by atoms with Crippen LogP contribution in [0.1, 0.15) is 54.6 Å². The Morgan fingerprint density at radius 1 is 0.938 bits per heavy atom. The van der Waals surface area contributed by atoms with Gasteiger partial charge >= 0.3 is 0 Å². The number of hydrogen-bond donors (Lipinski definition) is 1. The normalized spacial score (nSPS) is 21.4. The summed E-state index contributed by atoms with van der Waals surface area (Å²) in [5, 5.41) is 3.54. The quantitative estimate of drug-likeness (QED) is 0.748. The van der Waals surface area contributed by atoms with Gasteiger partial charge in [0.1, 0.15) is 12.1 Å². The molecule has 1 N–H and O–H groups in total. The molecule has 2 aromatic rings. The first-order valence-corrected chi connectivity index (χ1v) is 11.6. The topological polar surface area (TPSA) is 69.7 Å². The van der Waals surface area contributed by atoms with E-state index in [1.165, 1.54) is 0 Å². The van der Waals surface area contributed by atoms with Crippen molar-refractivity contribution in [1.29, 1.82) is 0 Å². The molecule has 6 nitrogen and oxygen atoms in total. The summed E-state index contributed by atoms with van der Waals surface area (Å²) in [7, 11) is 0. The fourth-order valence-electron chi connectivity index (χ4n) is 4.68. The number of likely N-dealkylation sites (tertiary alicyclic amines) is 2. The van der Waals surface area contributed by atoms with Gasteiger partial charge in [0, 0.05) is 23.7 Å². The van der Waals surface area contributed by atoms with Crippen LogP contribution in [-0.4, -0.2) is 52.7 Å². The van der Waals surface area contributed by atoms with E-state index in [-0.39, 0.29) is 23.8 Å². The third-order valence-electron chi connectivity index (χ3n) is 6.37. The lowest BCUT2D eigenvalue weighted by Crippen LogP contribution is -2.53. The van der Waals surface area contributed by atoms with E-state index in [1.54, 1.807) is 34.1 Å². The zero-order chi connectivity index (χ0) is 22.7. The number of rotatable bonds is 5. The van der Waals surface area contributed by atoms with E-state index >= 15 is 0 Å². The lowest BCUT2D eigenvalue weighted by Gasteiger charge is -2.31. The Morgan fingerprint density at radius 2 is 1.62 bits per heavy atom. The van der Waals surface area contributed by atoms with Crippen molar-refractivity contribution in [1.82, 2.24) is 15.1 Å². The minimum atomic E-state index is -0.540. The molecular formula is C25H28ClN3O3. The SMILES string of the molecule is C[C@H](NC(=O)[C@@H]1CCCN1C(=O)[C@@H]1CCCN1C(=O)c1cccc(Cl)c1)c1ccccc1. The van der Waals surface area contributed by atoms with E-state index in [1.807, 2.05) is 37.3 Å². The molecule has 0 aromatic heterocycles. The average Bonchev–Trinajstić information content (AvgIpc) is 3.49. The summed E-state index contributed by atoms with van der Waals surface area (Å²) in [5.74, 6) is -0.470. The van der Waals surface area contributed by atoms with Crippen LogP contribution in [0.25, 0.3) is 0 Å². The molecule has 2 aliphatic rings. The molecule has 3 atom stereocenters. The molecule has 0 radical (unpaired) electrons. The second kappa shape index (κ2) is 9.74. The van der Waals surface area contributed by atoms with Crippen molar-refractivity contribution >= 4 is 29.3 Å². The fraction of sp³-hybridized carbons (Fsp3) is 0.400. The van der Waals surface area contributed by atoms with Crippen LogP contribution >= 0.6 is 11.6 Å². The molecule has 0 spiro atoms. The van der Waals surface area contributed by atoms with Gasteiger partial charge in [-0.1, -0.05) is 48.0 Å². The summed E-state index contributed by atoms with van der Waals surface area (Å²) in [4.78, 5) is 42.9. The highest BCUT2D eigenvalue weighted by Gasteiger charge is 2.42. The van der Waals surface area contributed by atoms with Gasteiger partial charge in [-0.2, -0.15) is 0 Å². The van der Waals surface area contributed by atoms with Crippen molar-refractivity contribution in [2.24, 2.45) is 0 Å². The average molecular weight is 454 g/mol. The molecule has 4 rings (SSSR count). The number of benzene rings is 2. The zero-order valence-electron chi connectivity index (χ0n) is 18.2. The Bertz CT molecular complexity index is 997. The summed E-state index contributed by atoms with van der Waals surface area (Å²) in [5.41, 5.74) is 1.50. The maximum Gasteiger partial charge on any atom is 0.254 e. The highest BCUT2D eigenvalue weighted by atomic mass is 35.5. The van der Waals surface area contributed by atoms with Crippen LogP contribution in [0.4, 0.5) is 0 Å². The Labute approximate surface area is 193 Å². The molecule has 0 aliphatic carbocycles. The zero-order valence-corrected chi connectivity index (χ0v) is 18.9. The lowest BCUT2D eigenvalue weighted by molar-refractivity contribution is -0.141. The molecule has 0 bridgehead atoms. The van der Waals surface area contributed by atoms with Gasteiger partial charge in [-0.05, 0) is 56.4 Å². The molecule has 2 fully saturated rings. The van der Waals surface area contributed by atoms with Crippen molar-refractivity contribution in [2.45, 2.75) is 50.7 Å². The molecule has 2 saturated heterocycles. The molecule has 3 amide bonds. The molecule has 168 valence electrons. The molecule has 7 heteroatoms. The number of amides is 3. The van der Waals surface area contributed by atoms with Crippen LogP contribution in [0.5, 0.6) is 0 Å². The van der Waals surface area contributed by atoms with E-state index in [4.69, 9.17) is 11.6 Å². The van der Waals surface area contributed by atoms with Crippen LogP contribution in [0.2, 0.25) is 5.02 Å². The first-order valence-electron chi connectivity index (χ1n) is 11.2. The maximum absolute atomic E-state index is 13.5. The van der Waals surface area contributed by atoms with Crippen LogP contribution in [0.15, 0.2) is 54.6 Å². The number of hydrogen-bond acceptors (Lipinski definition) is 3. The Balaban J connectivity index is 1.45. The smallest absolute Gasteiger partial charge is 0.254 e. The summed E-state index contributed by atoms with van der Waals surface area (Å²) in [6.45, 7) is 3.00. The fourth-order valence-corrected chi connectivity index (χ4v) is 4.87. The minimum Gasteiger partial charge on any atom is -0.348 e. The van der Waals surface area contributed by atoms with E-state index in [2.05, 4.69) is 5.32 Å². The van der Waals surface area contributed by atoms with E-state index < -0.39 is 12.1 Å². The Kier molecular flexibility index (Phi) is 6.80. The van der Waals surface area contributed by atoms with Gasteiger partial charge in [0.25, 0.3) is 5.91 Å². The Hall–Kier alpha value is -2.86. The minimum absolute atomic E-state index is 0.136. The van der Waals surface area contributed by atoms with E-state index in [0.717, 1.165) is 18.4 Å². The highest BCUT2D eigenvalue weighted by Crippen LogP contribution is 2.27. The second-order valence-corrected chi connectivity index (χ2v) is 8.93. The first-order chi connectivity index (χ1) is 15.5.